The van der Waals surface area contributed by atoms with Crippen molar-refractivity contribution < 1.29 is 14.7 Å². The van der Waals surface area contributed by atoms with Gasteiger partial charge in [0.2, 0.25) is 5.91 Å². The molecule has 2 aliphatic rings. The van der Waals surface area contributed by atoms with E-state index >= 15 is 0 Å². The van der Waals surface area contributed by atoms with Crippen molar-refractivity contribution in [3.8, 4) is 0 Å². The van der Waals surface area contributed by atoms with Crippen molar-refractivity contribution in [1.29, 1.82) is 0 Å². The van der Waals surface area contributed by atoms with Crippen LogP contribution in [0.5, 0.6) is 0 Å². The van der Waals surface area contributed by atoms with Crippen LogP contribution >= 0.6 is 0 Å². The molecule has 19 heavy (non-hydrogen) atoms. The van der Waals surface area contributed by atoms with Crippen LogP contribution in [0.3, 0.4) is 0 Å². The van der Waals surface area contributed by atoms with E-state index in [0.717, 1.165) is 64.8 Å². The van der Waals surface area contributed by atoms with Crippen molar-refractivity contribution >= 4 is 11.9 Å². The molecule has 0 aromatic heterocycles. The number of nitrogens with zero attached hydrogens (tertiary/aromatic N) is 2. The highest BCUT2D eigenvalue weighted by Crippen LogP contribution is 2.21. The first-order valence-corrected chi connectivity index (χ1v) is 7.37. The fourth-order valence-electron chi connectivity index (χ4n) is 3.03. The Bertz CT molecular complexity index is 325. The molecule has 0 spiro atoms. The summed E-state index contributed by atoms with van der Waals surface area (Å²) in [5, 5.41) is 8.68. The van der Waals surface area contributed by atoms with Gasteiger partial charge in [-0.15, -0.1) is 0 Å². The summed E-state index contributed by atoms with van der Waals surface area (Å²) in [6, 6.07) is 0. The normalized spacial score (nSPS) is 22.1. The van der Waals surface area contributed by atoms with Crippen LogP contribution in [0.2, 0.25) is 0 Å². The summed E-state index contributed by atoms with van der Waals surface area (Å²) in [5.74, 6) is 0.187. The van der Waals surface area contributed by atoms with Gasteiger partial charge in [0.05, 0.1) is 0 Å². The van der Waals surface area contributed by atoms with E-state index in [1.165, 1.54) is 0 Å². The number of carboxylic acids is 1. The Morgan fingerprint density at radius 3 is 2.53 bits per heavy atom. The third-order valence-corrected chi connectivity index (χ3v) is 4.33. The van der Waals surface area contributed by atoms with Crippen LogP contribution < -0.4 is 0 Å². The topological polar surface area (TPSA) is 60.9 Å². The highest BCUT2D eigenvalue weighted by Gasteiger charge is 2.23. The lowest BCUT2D eigenvalue weighted by molar-refractivity contribution is -0.137. The van der Waals surface area contributed by atoms with Gasteiger partial charge < -0.3 is 14.9 Å². The average Bonchev–Trinajstić information content (AvgIpc) is 2.81. The third kappa shape index (κ3) is 4.49. The number of carbonyl (C=O) groups excluding carboxylic acids is 1. The molecule has 0 saturated carbocycles. The first kappa shape index (κ1) is 14.3. The van der Waals surface area contributed by atoms with Gasteiger partial charge in [0.25, 0.3) is 0 Å². The SMILES string of the molecule is O=C(O)CCC1CCN(CCN2CCCC2=O)CC1. The van der Waals surface area contributed by atoms with Crippen molar-refractivity contribution in [1.82, 2.24) is 9.80 Å². The maximum Gasteiger partial charge on any atom is 0.303 e. The first-order chi connectivity index (χ1) is 9.15. The maximum atomic E-state index is 11.5. The number of rotatable bonds is 6. The number of likely N-dealkylation sites (tertiary alicyclic amines) is 2. The van der Waals surface area contributed by atoms with Crippen molar-refractivity contribution in [2.45, 2.75) is 38.5 Å². The zero-order valence-corrected chi connectivity index (χ0v) is 11.5. The van der Waals surface area contributed by atoms with Crippen molar-refractivity contribution in [2.24, 2.45) is 5.92 Å². The van der Waals surface area contributed by atoms with E-state index in [1.807, 2.05) is 4.90 Å². The van der Waals surface area contributed by atoms with Crippen LogP contribution in [0, 0.1) is 5.92 Å². The lowest BCUT2D eigenvalue weighted by Crippen LogP contribution is -2.40. The number of amides is 1. The number of aliphatic carboxylic acids is 1. The average molecular weight is 268 g/mol. The predicted molar refractivity (Wildman–Crippen MR) is 71.8 cm³/mol. The molecule has 0 radical (unpaired) electrons. The van der Waals surface area contributed by atoms with Gasteiger partial charge in [0, 0.05) is 32.5 Å². The minimum Gasteiger partial charge on any atom is -0.481 e. The molecule has 1 amide bonds. The molecule has 2 saturated heterocycles. The second-order valence-corrected chi connectivity index (χ2v) is 5.70. The Labute approximate surface area is 114 Å². The molecule has 0 bridgehead atoms. The molecule has 1 N–H and O–H groups in total. The van der Waals surface area contributed by atoms with Crippen molar-refractivity contribution in [2.75, 3.05) is 32.7 Å². The number of piperidine rings is 1. The smallest absolute Gasteiger partial charge is 0.303 e. The van der Waals surface area contributed by atoms with Gasteiger partial charge >= 0.3 is 5.97 Å². The van der Waals surface area contributed by atoms with E-state index in [1.54, 1.807) is 0 Å². The zero-order chi connectivity index (χ0) is 13.7. The minimum absolute atomic E-state index is 0.299. The van der Waals surface area contributed by atoms with Crippen LogP contribution in [0.25, 0.3) is 0 Å². The van der Waals surface area contributed by atoms with E-state index in [-0.39, 0.29) is 0 Å². The summed E-state index contributed by atoms with van der Waals surface area (Å²) in [7, 11) is 0. The standard InChI is InChI=1S/C14H24N2O3/c17-13-2-1-7-16(13)11-10-15-8-5-12(6-9-15)3-4-14(18)19/h12H,1-11H2,(H,18,19). The molecule has 5 heteroatoms. The molecule has 0 unspecified atom stereocenters. The number of carbonyl (C=O) groups is 2. The fourth-order valence-corrected chi connectivity index (χ4v) is 3.03. The van der Waals surface area contributed by atoms with Gasteiger partial charge in [-0.05, 0) is 44.7 Å². The number of carboxylic acid groups (broad SMARTS) is 1. The Morgan fingerprint density at radius 2 is 1.95 bits per heavy atom. The summed E-state index contributed by atoms with van der Waals surface area (Å²) < 4.78 is 0. The predicted octanol–water partition coefficient (Wildman–Crippen LogP) is 1.19. The van der Waals surface area contributed by atoms with Gasteiger partial charge in [-0.25, -0.2) is 0 Å². The molecule has 108 valence electrons. The van der Waals surface area contributed by atoms with Gasteiger partial charge in [0.15, 0.2) is 0 Å². The summed E-state index contributed by atoms with van der Waals surface area (Å²) in [6.45, 7) is 4.85. The van der Waals surface area contributed by atoms with Crippen molar-refractivity contribution in [3.05, 3.63) is 0 Å². The van der Waals surface area contributed by atoms with E-state index in [4.69, 9.17) is 5.11 Å². The highest BCUT2D eigenvalue weighted by atomic mass is 16.4. The van der Waals surface area contributed by atoms with Crippen LogP contribution in [0.4, 0.5) is 0 Å². The number of hydrogen-bond acceptors (Lipinski definition) is 3. The lowest BCUT2D eigenvalue weighted by Gasteiger charge is -2.32. The molecule has 0 aliphatic carbocycles. The van der Waals surface area contributed by atoms with Gasteiger partial charge in [-0.2, -0.15) is 0 Å². The van der Waals surface area contributed by atoms with E-state index in [9.17, 15) is 9.59 Å². The first-order valence-electron chi connectivity index (χ1n) is 7.37. The van der Waals surface area contributed by atoms with Gasteiger partial charge in [0.1, 0.15) is 0 Å². The fraction of sp³-hybridized carbons (Fsp3) is 0.857. The third-order valence-electron chi connectivity index (χ3n) is 4.33. The molecular weight excluding hydrogens is 244 g/mol. The molecular formula is C14H24N2O3. The molecule has 0 aromatic rings. The summed E-state index contributed by atoms with van der Waals surface area (Å²) in [6.07, 6.45) is 5.04. The zero-order valence-electron chi connectivity index (χ0n) is 11.5. The van der Waals surface area contributed by atoms with Crippen LogP contribution in [-0.2, 0) is 9.59 Å². The second kappa shape index (κ2) is 6.89. The summed E-state index contributed by atoms with van der Waals surface area (Å²) in [4.78, 5) is 26.4. The molecule has 2 heterocycles. The maximum absolute atomic E-state index is 11.5. The Morgan fingerprint density at radius 1 is 1.21 bits per heavy atom. The Kier molecular flexibility index (Phi) is 5.19. The minimum atomic E-state index is -0.685. The Hall–Kier alpha value is -1.10. The van der Waals surface area contributed by atoms with Crippen molar-refractivity contribution in [3.63, 3.8) is 0 Å². The summed E-state index contributed by atoms with van der Waals surface area (Å²) >= 11 is 0. The molecule has 0 aromatic carbocycles. The van der Waals surface area contributed by atoms with E-state index in [0.29, 0.717) is 18.2 Å². The molecule has 5 nitrogen and oxygen atoms in total. The van der Waals surface area contributed by atoms with E-state index < -0.39 is 5.97 Å². The van der Waals surface area contributed by atoms with Crippen LogP contribution in [-0.4, -0.2) is 59.5 Å². The monoisotopic (exact) mass is 268 g/mol. The van der Waals surface area contributed by atoms with Crippen LogP contribution in [0.15, 0.2) is 0 Å². The largest absolute Gasteiger partial charge is 0.481 e. The van der Waals surface area contributed by atoms with E-state index in [2.05, 4.69) is 4.90 Å². The molecule has 2 fully saturated rings. The quantitative estimate of drug-likeness (QED) is 0.786. The highest BCUT2D eigenvalue weighted by molar-refractivity contribution is 5.78. The molecule has 0 atom stereocenters. The molecule has 2 rings (SSSR count). The lowest BCUT2D eigenvalue weighted by atomic mass is 9.92. The number of hydrogen-bond donors (Lipinski definition) is 1. The second-order valence-electron chi connectivity index (χ2n) is 5.70. The van der Waals surface area contributed by atoms with Gasteiger partial charge in [-0.3, -0.25) is 9.59 Å². The van der Waals surface area contributed by atoms with Gasteiger partial charge in [-0.1, -0.05) is 0 Å². The molecule has 2 aliphatic heterocycles. The summed E-state index contributed by atoms with van der Waals surface area (Å²) in [5.41, 5.74) is 0. The Balaban J connectivity index is 1.60. The van der Waals surface area contributed by atoms with Crippen LogP contribution in [0.1, 0.15) is 38.5 Å².